The van der Waals surface area contributed by atoms with Crippen LogP contribution in [0.25, 0.3) is 0 Å². The molecule has 0 radical (unpaired) electrons. The van der Waals surface area contributed by atoms with E-state index in [9.17, 15) is 0 Å². The molecule has 1 heterocycles. The fraction of sp³-hybridized carbons (Fsp3) is 0.500. The fourth-order valence-electron chi connectivity index (χ4n) is 0.877. The lowest BCUT2D eigenvalue weighted by molar-refractivity contribution is 0.868. The second kappa shape index (κ2) is 3.72. The lowest BCUT2D eigenvalue weighted by Gasteiger charge is -2.00. The van der Waals surface area contributed by atoms with Gasteiger partial charge in [0.1, 0.15) is 0 Å². The molecular formula is C8H12N2S. The molecule has 1 rings (SSSR count). The van der Waals surface area contributed by atoms with Crippen LogP contribution in [0.1, 0.15) is 18.3 Å². The van der Waals surface area contributed by atoms with E-state index in [0.717, 1.165) is 23.0 Å². The van der Waals surface area contributed by atoms with Crippen LogP contribution in [0.5, 0.6) is 0 Å². The summed E-state index contributed by atoms with van der Waals surface area (Å²) in [5, 5.41) is 0.877. The lowest BCUT2D eigenvalue weighted by atomic mass is 10.3. The van der Waals surface area contributed by atoms with E-state index in [1.165, 1.54) is 0 Å². The van der Waals surface area contributed by atoms with Crippen molar-refractivity contribution in [2.75, 3.05) is 6.26 Å². The predicted octanol–water partition coefficient (Wildman–Crippen LogP) is 2.07. The summed E-state index contributed by atoms with van der Waals surface area (Å²) in [6.45, 7) is 4.10. The second-order valence-corrected chi connectivity index (χ2v) is 3.11. The Balaban J connectivity index is 3.02. The quantitative estimate of drug-likeness (QED) is 0.499. The van der Waals surface area contributed by atoms with Crippen LogP contribution >= 0.6 is 11.8 Å². The standard InChI is InChI=1S/C8H12N2S/c1-4-7-5-6(2)9-8(10-7)11-3/h5H,4H2,1-3H3. The molecule has 0 spiro atoms. The zero-order chi connectivity index (χ0) is 8.27. The highest BCUT2D eigenvalue weighted by Crippen LogP contribution is 2.10. The van der Waals surface area contributed by atoms with Gasteiger partial charge in [-0.2, -0.15) is 0 Å². The first-order valence-corrected chi connectivity index (χ1v) is 4.87. The normalized spacial score (nSPS) is 10.1. The van der Waals surface area contributed by atoms with Crippen LogP contribution in [-0.4, -0.2) is 16.2 Å². The van der Waals surface area contributed by atoms with E-state index < -0.39 is 0 Å². The number of nitrogens with zero attached hydrogens (tertiary/aromatic N) is 2. The van der Waals surface area contributed by atoms with E-state index in [1.54, 1.807) is 11.8 Å². The van der Waals surface area contributed by atoms with E-state index >= 15 is 0 Å². The van der Waals surface area contributed by atoms with Gasteiger partial charge < -0.3 is 0 Å². The highest BCUT2D eigenvalue weighted by molar-refractivity contribution is 7.98. The minimum absolute atomic E-state index is 0.877. The van der Waals surface area contributed by atoms with E-state index in [1.807, 2.05) is 19.2 Å². The van der Waals surface area contributed by atoms with Crippen molar-refractivity contribution >= 4 is 11.8 Å². The molecule has 0 atom stereocenters. The lowest BCUT2D eigenvalue weighted by Crippen LogP contribution is -1.94. The van der Waals surface area contributed by atoms with Gasteiger partial charge in [-0.25, -0.2) is 9.97 Å². The second-order valence-electron chi connectivity index (χ2n) is 2.34. The van der Waals surface area contributed by atoms with E-state index in [2.05, 4.69) is 16.9 Å². The van der Waals surface area contributed by atoms with Gasteiger partial charge in [0, 0.05) is 11.4 Å². The smallest absolute Gasteiger partial charge is 0.187 e. The molecule has 0 unspecified atom stereocenters. The first-order chi connectivity index (χ1) is 5.26. The molecule has 0 bridgehead atoms. The zero-order valence-corrected chi connectivity index (χ0v) is 7.90. The minimum Gasteiger partial charge on any atom is -0.228 e. The van der Waals surface area contributed by atoms with Gasteiger partial charge in [0.25, 0.3) is 0 Å². The van der Waals surface area contributed by atoms with Crippen LogP contribution in [-0.2, 0) is 6.42 Å². The number of aromatic nitrogens is 2. The number of rotatable bonds is 2. The zero-order valence-electron chi connectivity index (χ0n) is 7.09. The third kappa shape index (κ3) is 2.19. The van der Waals surface area contributed by atoms with Gasteiger partial charge in [0.05, 0.1) is 0 Å². The van der Waals surface area contributed by atoms with Gasteiger partial charge in [0.2, 0.25) is 0 Å². The van der Waals surface area contributed by atoms with E-state index in [0.29, 0.717) is 0 Å². The van der Waals surface area contributed by atoms with Crippen molar-refractivity contribution in [1.29, 1.82) is 0 Å². The largest absolute Gasteiger partial charge is 0.228 e. The molecule has 1 aromatic rings. The molecular weight excluding hydrogens is 156 g/mol. The Labute approximate surface area is 71.5 Å². The van der Waals surface area contributed by atoms with Crippen molar-refractivity contribution in [2.45, 2.75) is 25.4 Å². The molecule has 0 saturated carbocycles. The summed E-state index contributed by atoms with van der Waals surface area (Å²) in [6.07, 6.45) is 2.98. The van der Waals surface area contributed by atoms with Crippen molar-refractivity contribution in [3.8, 4) is 0 Å². The maximum atomic E-state index is 4.32. The Hall–Kier alpha value is -0.570. The third-order valence-corrected chi connectivity index (χ3v) is 1.98. The molecule has 11 heavy (non-hydrogen) atoms. The molecule has 60 valence electrons. The Morgan fingerprint density at radius 2 is 2.18 bits per heavy atom. The van der Waals surface area contributed by atoms with Gasteiger partial charge in [-0.15, -0.1) is 0 Å². The molecule has 0 fully saturated rings. The average Bonchev–Trinajstić information content (AvgIpc) is 2.03. The third-order valence-electron chi connectivity index (χ3n) is 1.43. The van der Waals surface area contributed by atoms with Crippen LogP contribution in [0, 0.1) is 6.92 Å². The van der Waals surface area contributed by atoms with Crippen molar-refractivity contribution < 1.29 is 0 Å². The minimum atomic E-state index is 0.877. The van der Waals surface area contributed by atoms with Gasteiger partial charge >= 0.3 is 0 Å². The first kappa shape index (κ1) is 8.53. The molecule has 0 saturated heterocycles. The molecule has 0 aliphatic heterocycles. The first-order valence-electron chi connectivity index (χ1n) is 3.64. The van der Waals surface area contributed by atoms with Crippen molar-refractivity contribution in [3.05, 3.63) is 17.5 Å². The van der Waals surface area contributed by atoms with Crippen LogP contribution in [0.2, 0.25) is 0 Å². The Morgan fingerprint density at radius 3 is 2.73 bits per heavy atom. The van der Waals surface area contributed by atoms with Crippen LogP contribution in [0.3, 0.4) is 0 Å². The monoisotopic (exact) mass is 168 g/mol. The van der Waals surface area contributed by atoms with Gasteiger partial charge in [-0.3, -0.25) is 0 Å². The SMILES string of the molecule is CCc1cc(C)nc(SC)n1. The highest BCUT2D eigenvalue weighted by Gasteiger charge is 1.97. The van der Waals surface area contributed by atoms with E-state index in [4.69, 9.17) is 0 Å². The highest BCUT2D eigenvalue weighted by atomic mass is 32.2. The van der Waals surface area contributed by atoms with E-state index in [-0.39, 0.29) is 0 Å². The predicted molar refractivity (Wildman–Crippen MR) is 47.9 cm³/mol. The Morgan fingerprint density at radius 1 is 1.45 bits per heavy atom. The summed E-state index contributed by atoms with van der Waals surface area (Å²) >= 11 is 1.59. The average molecular weight is 168 g/mol. The molecule has 0 N–H and O–H groups in total. The van der Waals surface area contributed by atoms with Gasteiger partial charge in [-0.05, 0) is 25.7 Å². The molecule has 0 aromatic carbocycles. The topological polar surface area (TPSA) is 25.8 Å². The molecule has 1 aromatic heterocycles. The van der Waals surface area contributed by atoms with Crippen molar-refractivity contribution in [1.82, 2.24) is 9.97 Å². The summed E-state index contributed by atoms with van der Waals surface area (Å²) in [6, 6.07) is 2.03. The fourth-order valence-corrected chi connectivity index (χ4v) is 1.32. The number of hydrogen-bond donors (Lipinski definition) is 0. The molecule has 2 nitrogen and oxygen atoms in total. The summed E-state index contributed by atoms with van der Waals surface area (Å²) < 4.78 is 0. The molecule has 0 amide bonds. The van der Waals surface area contributed by atoms with Crippen molar-refractivity contribution in [2.24, 2.45) is 0 Å². The maximum Gasteiger partial charge on any atom is 0.187 e. The molecule has 0 aliphatic rings. The van der Waals surface area contributed by atoms with Crippen LogP contribution in [0.4, 0.5) is 0 Å². The summed E-state index contributed by atoms with van der Waals surface area (Å²) in [4.78, 5) is 8.57. The van der Waals surface area contributed by atoms with Gasteiger partial charge in [-0.1, -0.05) is 18.7 Å². The summed E-state index contributed by atoms with van der Waals surface area (Å²) in [5.74, 6) is 0. The summed E-state index contributed by atoms with van der Waals surface area (Å²) in [7, 11) is 0. The van der Waals surface area contributed by atoms with Crippen LogP contribution in [0.15, 0.2) is 11.2 Å². The van der Waals surface area contributed by atoms with Gasteiger partial charge in [0.15, 0.2) is 5.16 Å². The Bertz CT molecular complexity index is 226. The number of thioether (sulfide) groups is 1. The molecule has 0 aliphatic carbocycles. The van der Waals surface area contributed by atoms with Crippen molar-refractivity contribution in [3.63, 3.8) is 0 Å². The molecule has 3 heteroatoms. The number of hydrogen-bond acceptors (Lipinski definition) is 3. The summed E-state index contributed by atoms with van der Waals surface area (Å²) in [5.41, 5.74) is 2.18. The van der Waals surface area contributed by atoms with Crippen LogP contribution < -0.4 is 0 Å². The maximum absolute atomic E-state index is 4.32. The number of aryl methyl sites for hydroxylation is 2. The Kier molecular flexibility index (Phi) is 2.88.